The molecule has 0 saturated heterocycles. The van der Waals surface area contributed by atoms with Crippen molar-refractivity contribution in [3.05, 3.63) is 35.5 Å². The van der Waals surface area contributed by atoms with Gasteiger partial charge in [-0.1, -0.05) is 0 Å². The molecule has 0 aliphatic rings. The number of ether oxygens (including phenoxy) is 2. The average molecular weight is 303 g/mol. The number of benzene rings is 1. The Morgan fingerprint density at radius 2 is 1.73 bits per heavy atom. The molecule has 6 nitrogen and oxygen atoms in total. The van der Waals surface area contributed by atoms with Crippen LogP contribution in [-0.2, 0) is 0 Å². The highest BCUT2D eigenvalue weighted by Gasteiger charge is 2.14. The maximum Gasteiger partial charge on any atom is 0.257 e. The fourth-order valence-electron chi connectivity index (χ4n) is 2.13. The standard InChI is InChI=1S/C16H21N3O3/c1-10(2)19-15(6-11(3)18-19)17-16(20)12-7-13(21-4)9-14(8-12)22-5/h6-10H,1-5H3,(H,17,20). The summed E-state index contributed by atoms with van der Waals surface area (Å²) < 4.78 is 12.2. The summed E-state index contributed by atoms with van der Waals surface area (Å²) in [7, 11) is 3.10. The molecule has 0 bridgehead atoms. The van der Waals surface area contributed by atoms with Crippen LogP contribution in [0.15, 0.2) is 24.3 Å². The fourth-order valence-corrected chi connectivity index (χ4v) is 2.13. The molecule has 0 aliphatic carbocycles. The van der Waals surface area contributed by atoms with Crippen LogP contribution in [0.5, 0.6) is 11.5 Å². The van der Waals surface area contributed by atoms with Gasteiger partial charge in [0.1, 0.15) is 17.3 Å². The largest absolute Gasteiger partial charge is 0.497 e. The summed E-state index contributed by atoms with van der Waals surface area (Å²) in [6, 6.07) is 7.06. The van der Waals surface area contributed by atoms with Crippen molar-refractivity contribution in [2.24, 2.45) is 0 Å². The van der Waals surface area contributed by atoms with Crippen LogP contribution in [0.3, 0.4) is 0 Å². The number of aryl methyl sites for hydroxylation is 1. The highest BCUT2D eigenvalue weighted by atomic mass is 16.5. The predicted molar refractivity (Wildman–Crippen MR) is 84.8 cm³/mol. The van der Waals surface area contributed by atoms with Crippen LogP contribution >= 0.6 is 0 Å². The lowest BCUT2D eigenvalue weighted by atomic mass is 10.2. The van der Waals surface area contributed by atoms with E-state index in [1.54, 1.807) is 37.1 Å². The van der Waals surface area contributed by atoms with Gasteiger partial charge in [-0.25, -0.2) is 4.68 Å². The van der Waals surface area contributed by atoms with Gasteiger partial charge in [0.25, 0.3) is 5.91 Å². The Balaban J connectivity index is 2.29. The minimum absolute atomic E-state index is 0.156. The molecule has 118 valence electrons. The van der Waals surface area contributed by atoms with E-state index >= 15 is 0 Å². The quantitative estimate of drug-likeness (QED) is 0.922. The van der Waals surface area contributed by atoms with Crippen LogP contribution in [0.2, 0.25) is 0 Å². The van der Waals surface area contributed by atoms with Crippen LogP contribution in [0.25, 0.3) is 0 Å². The van der Waals surface area contributed by atoms with Crippen molar-refractivity contribution in [2.75, 3.05) is 19.5 Å². The van der Waals surface area contributed by atoms with E-state index < -0.39 is 0 Å². The fraction of sp³-hybridized carbons (Fsp3) is 0.375. The van der Waals surface area contributed by atoms with E-state index in [2.05, 4.69) is 10.4 Å². The molecule has 1 aromatic heterocycles. The van der Waals surface area contributed by atoms with Gasteiger partial charge in [-0.05, 0) is 32.9 Å². The number of hydrogen-bond donors (Lipinski definition) is 1. The summed E-state index contributed by atoms with van der Waals surface area (Å²) in [5.41, 5.74) is 1.32. The first-order valence-electron chi connectivity index (χ1n) is 7.05. The second-order valence-electron chi connectivity index (χ2n) is 5.26. The number of carbonyl (C=O) groups is 1. The van der Waals surface area contributed by atoms with Gasteiger partial charge in [0.05, 0.1) is 19.9 Å². The predicted octanol–water partition coefficient (Wildman–Crippen LogP) is 3.04. The third kappa shape index (κ3) is 3.39. The third-order valence-corrected chi connectivity index (χ3v) is 3.20. The molecule has 0 fully saturated rings. The summed E-state index contributed by atoms with van der Waals surface area (Å²) >= 11 is 0. The number of rotatable bonds is 5. The van der Waals surface area contributed by atoms with Gasteiger partial charge < -0.3 is 14.8 Å². The summed E-state index contributed by atoms with van der Waals surface area (Å²) in [6.45, 7) is 5.91. The van der Waals surface area contributed by atoms with E-state index in [1.807, 2.05) is 26.8 Å². The van der Waals surface area contributed by atoms with Crippen molar-refractivity contribution in [1.29, 1.82) is 0 Å². The molecule has 2 aromatic rings. The minimum Gasteiger partial charge on any atom is -0.497 e. The first-order chi connectivity index (χ1) is 10.4. The molecule has 22 heavy (non-hydrogen) atoms. The zero-order valence-electron chi connectivity index (χ0n) is 13.5. The van der Waals surface area contributed by atoms with E-state index in [0.717, 1.165) is 5.69 Å². The number of methoxy groups -OCH3 is 2. The van der Waals surface area contributed by atoms with Gasteiger partial charge in [0, 0.05) is 23.7 Å². The number of nitrogens with one attached hydrogen (secondary N) is 1. The summed E-state index contributed by atoms with van der Waals surface area (Å²) in [5.74, 6) is 1.56. The maximum atomic E-state index is 12.5. The van der Waals surface area contributed by atoms with Crippen LogP contribution in [0.4, 0.5) is 5.82 Å². The summed E-state index contributed by atoms with van der Waals surface area (Å²) in [4.78, 5) is 12.5. The molecular weight excluding hydrogens is 282 g/mol. The third-order valence-electron chi connectivity index (χ3n) is 3.20. The molecule has 0 unspecified atom stereocenters. The van der Waals surface area contributed by atoms with Crippen LogP contribution in [0, 0.1) is 6.92 Å². The number of aromatic nitrogens is 2. The smallest absolute Gasteiger partial charge is 0.257 e. The number of nitrogens with zero attached hydrogens (tertiary/aromatic N) is 2. The van der Waals surface area contributed by atoms with Crippen molar-refractivity contribution in [1.82, 2.24) is 9.78 Å². The van der Waals surface area contributed by atoms with Crippen molar-refractivity contribution in [3.8, 4) is 11.5 Å². The van der Waals surface area contributed by atoms with Crippen LogP contribution in [-0.4, -0.2) is 29.9 Å². The van der Waals surface area contributed by atoms with E-state index in [-0.39, 0.29) is 11.9 Å². The van der Waals surface area contributed by atoms with Gasteiger partial charge in [-0.3, -0.25) is 4.79 Å². The summed E-state index contributed by atoms with van der Waals surface area (Å²) in [5, 5.41) is 7.26. The Labute approximate surface area is 130 Å². The Bertz CT molecular complexity index is 655. The van der Waals surface area contributed by atoms with E-state index in [1.165, 1.54) is 0 Å². The van der Waals surface area contributed by atoms with Gasteiger partial charge in [0.2, 0.25) is 0 Å². The number of hydrogen-bond acceptors (Lipinski definition) is 4. The van der Waals surface area contributed by atoms with E-state index in [0.29, 0.717) is 22.9 Å². The molecule has 2 rings (SSSR count). The van der Waals surface area contributed by atoms with Crippen molar-refractivity contribution < 1.29 is 14.3 Å². The zero-order valence-corrected chi connectivity index (χ0v) is 13.5. The monoisotopic (exact) mass is 303 g/mol. The topological polar surface area (TPSA) is 65.4 Å². The number of anilines is 1. The Morgan fingerprint density at radius 3 is 2.23 bits per heavy atom. The molecule has 1 N–H and O–H groups in total. The molecule has 0 spiro atoms. The lowest BCUT2D eigenvalue weighted by molar-refractivity contribution is 0.102. The highest BCUT2D eigenvalue weighted by Crippen LogP contribution is 2.24. The van der Waals surface area contributed by atoms with Gasteiger partial charge in [0.15, 0.2) is 0 Å². The molecule has 0 aliphatic heterocycles. The molecular formula is C16H21N3O3. The highest BCUT2D eigenvalue weighted by molar-refractivity contribution is 6.04. The van der Waals surface area contributed by atoms with Crippen molar-refractivity contribution in [3.63, 3.8) is 0 Å². The Kier molecular flexibility index (Phi) is 4.70. The van der Waals surface area contributed by atoms with Gasteiger partial charge in [-0.15, -0.1) is 0 Å². The van der Waals surface area contributed by atoms with Crippen molar-refractivity contribution >= 4 is 11.7 Å². The number of amides is 1. The second-order valence-corrected chi connectivity index (χ2v) is 5.26. The maximum absolute atomic E-state index is 12.5. The minimum atomic E-state index is -0.237. The molecule has 1 aromatic carbocycles. The second kappa shape index (κ2) is 6.51. The molecule has 0 atom stereocenters. The normalized spacial score (nSPS) is 10.6. The number of carbonyl (C=O) groups excluding carboxylic acids is 1. The molecule has 0 radical (unpaired) electrons. The Hall–Kier alpha value is -2.50. The lowest BCUT2D eigenvalue weighted by Crippen LogP contribution is -2.17. The lowest BCUT2D eigenvalue weighted by Gasteiger charge is -2.12. The first-order valence-corrected chi connectivity index (χ1v) is 7.05. The molecule has 6 heteroatoms. The summed E-state index contributed by atoms with van der Waals surface area (Å²) in [6.07, 6.45) is 0. The van der Waals surface area contributed by atoms with Crippen LogP contribution in [0.1, 0.15) is 35.9 Å². The SMILES string of the molecule is COc1cc(OC)cc(C(=O)Nc2cc(C)nn2C(C)C)c1. The van der Waals surface area contributed by atoms with Gasteiger partial charge in [-0.2, -0.15) is 5.10 Å². The average Bonchev–Trinajstić information content (AvgIpc) is 2.87. The van der Waals surface area contributed by atoms with E-state index in [9.17, 15) is 4.79 Å². The molecule has 1 heterocycles. The van der Waals surface area contributed by atoms with Crippen molar-refractivity contribution in [2.45, 2.75) is 26.8 Å². The first kappa shape index (κ1) is 15.9. The zero-order chi connectivity index (χ0) is 16.3. The van der Waals surface area contributed by atoms with Crippen LogP contribution < -0.4 is 14.8 Å². The Morgan fingerprint density at radius 1 is 1.14 bits per heavy atom. The molecule has 1 amide bonds. The van der Waals surface area contributed by atoms with E-state index in [4.69, 9.17) is 9.47 Å². The van der Waals surface area contributed by atoms with Gasteiger partial charge >= 0.3 is 0 Å². The molecule has 0 saturated carbocycles.